The lowest BCUT2D eigenvalue weighted by molar-refractivity contribution is -0.127. The number of rotatable bonds is 2. The predicted octanol–water partition coefficient (Wildman–Crippen LogP) is 5.42. The van der Waals surface area contributed by atoms with Gasteiger partial charge in [-0.25, -0.2) is 0 Å². The van der Waals surface area contributed by atoms with Crippen molar-refractivity contribution in [3.8, 4) is 5.75 Å². The van der Waals surface area contributed by atoms with Crippen molar-refractivity contribution in [2.45, 2.75) is 71.3 Å². The fourth-order valence-corrected chi connectivity index (χ4v) is 6.03. The Labute approximate surface area is 162 Å². The van der Waals surface area contributed by atoms with Crippen LogP contribution >= 0.6 is 0 Å². The monoisotopic (exact) mass is 365 g/mol. The zero-order valence-corrected chi connectivity index (χ0v) is 17.3. The molecule has 2 aliphatic carbocycles. The number of methoxy groups -OCH3 is 1. The van der Waals surface area contributed by atoms with Crippen molar-refractivity contribution in [3.05, 3.63) is 41.0 Å². The molecule has 1 aromatic rings. The van der Waals surface area contributed by atoms with Crippen molar-refractivity contribution in [3.63, 3.8) is 0 Å². The van der Waals surface area contributed by atoms with Crippen LogP contribution in [0.3, 0.4) is 0 Å². The van der Waals surface area contributed by atoms with E-state index in [-0.39, 0.29) is 11.5 Å². The van der Waals surface area contributed by atoms with E-state index in [1.54, 1.807) is 7.11 Å². The van der Waals surface area contributed by atoms with Gasteiger partial charge in [0.25, 0.3) is 0 Å². The lowest BCUT2D eigenvalue weighted by atomic mass is 9.56. The molecular formula is C24H31NO2. The molecule has 1 heterocycles. The Kier molecular flexibility index (Phi) is 4.32. The number of allylic oxidation sites excluding steroid dienone is 2. The van der Waals surface area contributed by atoms with Gasteiger partial charge in [-0.3, -0.25) is 9.79 Å². The standard InChI is InChI=1S/C24H31NO2/c1-15-9-10-20(27-5)19(12-15)18-13-22(26)24(14-16(18)2)17(3)25-23(4)11-7-6-8-21(23)24/h9-10,12,14,18,21H,6-8,11,13H2,1-5H3/t18-,21+,23+,24-/m1/s1. The summed E-state index contributed by atoms with van der Waals surface area (Å²) in [6.45, 7) is 8.63. The van der Waals surface area contributed by atoms with Crippen molar-refractivity contribution in [1.29, 1.82) is 0 Å². The average Bonchev–Trinajstić information content (AvgIpc) is 2.85. The molecule has 0 aromatic heterocycles. The number of fused-ring (bicyclic) bond motifs is 2. The van der Waals surface area contributed by atoms with E-state index in [9.17, 15) is 4.79 Å². The van der Waals surface area contributed by atoms with E-state index in [1.807, 2.05) is 6.07 Å². The minimum atomic E-state index is -0.479. The summed E-state index contributed by atoms with van der Waals surface area (Å²) < 4.78 is 5.61. The maximum Gasteiger partial charge on any atom is 0.149 e. The van der Waals surface area contributed by atoms with E-state index in [1.165, 1.54) is 24.0 Å². The molecular weight excluding hydrogens is 334 g/mol. The molecule has 1 aromatic carbocycles. The van der Waals surface area contributed by atoms with Gasteiger partial charge in [0.15, 0.2) is 0 Å². The second-order valence-electron chi connectivity index (χ2n) is 9.04. The number of aryl methyl sites for hydroxylation is 1. The summed E-state index contributed by atoms with van der Waals surface area (Å²) in [5, 5.41) is 0. The molecule has 0 N–H and O–H groups in total. The third-order valence-corrected chi connectivity index (χ3v) is 7.36. The average molecular weight is 366 g/mol. The minimum absolute atomic E-state index is 0.0668. The van der Waals surface area contributed by atoms with Crippen LogP contribution in [-0.2, 0) is 4.79 Å². The molecule has 0 radical (unpaired) electrons. The SMILES string of the molecule is COc1ccc(C)cc1[C@@H]1CC(=O)[C@]2(C=C1C)C(C)=N[C@@]1(C)CCCC[C@H]21. The molecule has 0 unspecified atom stereocenters. The molecule has 1 aliphatic heterocycles. The summed E-state index contributed by atoms with van der Waals surface area (Å²) in [4.78, 5) is 18.7. The molecule has 0 saturated heterocycles. The quantitative estimate of drug-likeness (QED) is 0.657. The maximum atomic E-state index is 13.7. The van der Waals surface area contributed by atoms with Gasteiger partial charge >= 0.3 is 0 Å². The fraction of sp³-hybridized carbons (Fsp3) is 0.583. The first-order valence-corrected chi connectivity index (χ1v) is 10.3. The lowest BCUT2D eigenvalue weighted by Crippen LogP contribution is -2.49. The van der Waals surface area contributed by atoms with Crippen molar-refractivity contribution in [2.24, 2.45) is 16.3 Å². The molecule has 3 heteroatoms. The van der Waals surface area contributed by atoms with E-state index in [2.05, 4.69) is 45.9 Å². The first kappa shape index (κ1) is 18.5. The smallest absolute Gasteiger partial charge is 0.149 e. The molecule has 4 rings (SSSR count). The second-order valence-corrected chi connectivity index (χ2v) is 9.04. The Morgan fingerprint density at radius 2 is 1.96 bits per heavy atom. The summed E-state index contributed by atoms with van der Waals surface area (Å²) >= 11 is 0. The number of benzene rings is 1. The lowest BCUT2D eigenvalue weighted by Gasteiger charge is -2.44. The van der Waals surface area contributed by atoms with Crippen LogP contribution in [0.4, 0.5) is 0 Å². The molecule has 27 heavy (non-hydrogen) atoms. The molecule has 1 saturated carbocycles. The van der Waals surface area contributed by atoms with Gasteiger partial charge in [0.05, 0.1) is 18.1 Å². The molecule has 0 amide bonds. The van der Waals surface area contributed by atoms with Crippen LogP contribution in [0, 0.1) is 18.3 Å². The number of ketones is 1. The van der Waals surface area contributed by atoms with E-state index in [4.69, 9.17) is 9.73 Å². The Morgan fingerprint density at radius 3 is 2.70 bits per heavy atom. The third-order valence-electron chi connectivity index (χ3n) is 7.36. The number of ether oxygens (including phenoxy) is 1. The predicted molar refractivity (Wildman–Crippen MR) is 110 cm³/mol. The summed E-state index contributed by atoms with van der Waals surface area (Å²) in [7, 11) is 1.71. The summed E-state index contributed by atoms with van der Waals surface area (Å²) in [6, 6.07) is 6.26. The summed E-state index contributed by atoms with van der Waals surface area (Å²) in [6.07, 6.45) is 7.46. The van der Waals surface area contributed by atoms with Crippen LogP contribution in [0.2, 0.25) is 0 Å². The fourth-order valence-electron chi connectivity index (χ4n) is 6.03. The van der Waals surface area contributed by atoms with Gasteiger partial charge in [0, 0.05) is 29.5 Å². The molecule has 144 valence electrons. The zero-order valence-electron chi connectivity index (χ0n) is 17.3. The number of hydrogen-bond acceptors (Lipinski definition) is 3. The van der Waals surface area contributed by atoms with Crippen LogP contribution in [0.25, 0.3) is 0 Å². The number of Topliss-reactive ketones (excluding diaryl/α,β-unsaturated/α-hetero) is 1. The van der Waals surface area contributed by atoms with Gasteiger partial charge in [-0.2, -0.15) is 0 Å². The van der Waals surface area contributed by atoms with Crippen molar-refractivity contribution in [1.82, 2.24) is 0 Å². The Bertz CT molecular complexity index is 852. The van der Waals surface area contributed by atoms with Crippen LogP contribution in [0.1, 0.15) is 69.9 Å². The van der Waals surface area contributed by atoms with Crippen LogP contribution in [0.15, 0.2) is 34.8 Å². The number of hydrogen-bond donors (Lipinski definition) is 0. The number of aliphatic imine (C=N–C) groups is 1. The Balaban J connectivity index is 1.80. The van der Waals surface area contributed by atoms with E-state index in [0.29, 0.717) is 18.1 Å². The Morgan fingerprint density at radius 1 is 1.19 bits per heavy atom. The molecule has 1 fully saturated rings. The summed E-state index contributed by atoms with van der Waals surface area (Å²) in [5.74, 6) is 1.64. The Hall–Kier alpha value is -1.90. The molecule has 3 aliphatic rings. The van der Waals surface area contributed by atoms with Gasteiger partial charge < -0.3 is 4.74 Å². The van der Waals surface area contributed by atoms with Gasteiger partial charge in [0.2, 0.25) is 0 Å². The highest BCUT2D eigenvalue weighted by Crippen LogP contribution is 2.57. The molecule has 0 bridgehead atoms. The largest absolute Gasteiger partial charge is 0.496 e. The highest BCUT2D eigenvalue weighted by Gasteiger charge is 2.60. The first-order chi connectivity index (χ1) is 12.8. The zero-order chi connectivity index (χ0) is 19.4. The summed E-state index contributed by atoms with van der Waals surface area (Å²) in [5.41, 5.74) is 4.10. The van der Waals surface area contributed by atoms with Crippen molar-refractivity contribution < 1.29 is 9.53 Å². The van der Waals surface area contributed by atoms with Gasteiger partial charge in [-0.1, -0.05) is 42.2 Å². The highest BCUT2D eigenvalue weighted by atomic mass is 16.5. The van der Waals surface area contributed by atoms with Gasteiger partial charge in [-0.05, 0) is 46.6 Å². The third kappa shape index (κ3) is 2.61. The van der Waals surface area contributed by atoms with Crippen molar-refractivity contribution in [2.75, 3.05) is 7.11 Å². The van der Waals surface area contributed by atoms with Crippen LogP contribution in [0.5, 0.6) is 5.75 Å². The minimum Gasteiger partial charge on any atom is -0.496 e. The molecule has 1 spiro atoms. The number of nitrogens with zero attached hydrogens (tertiary/aromatic N) is 1. The van der Waals surface area contributed by atoms with Crippen molar-refractivity contribution >= 4 is 11.5 Å². The van der Waals surface area contributed by atoms with E-state index in [0.717, 1.165) is 29.9 Å². The topological polar surface area (TPSA) is 38.7 Å². The number of carbonyl (C=O) groups excluding carboxylic acids is 1. The molecule has 4 atom stereocenters. The maximum absolute atomic E-state index is 13.7. The first-order valence-electron chi connectivity index (χ1n) is 10.3. The van der Waals surface area contributed by atoms with Crippen LogP contribution < -0.4 is 4.74 Å². The number of carbonyl (C=O) groups is 1. The highest BCUT2D eigenvalue weighted by molar-refractivity contribution is 6.13. The van der Waals surface area contributed by atoms with Crippen LogP contribution in [-0.4, -0.2) is 24.1 Å². The second kappa shape index (κ2) is 6.32. The van der Waals surface area contributed by atoms with Gasteiger partial charge in [0.1, 0.15) is 11.5 Å². The van der Waals surface area contributed by atoms with E-state index >= 15 is 0 Å². The normalized spacial score (nSPS) is 35.7. The molecule has 3 nitrogen and oxygen atoms in total. The van der Waals surface area contributed by atoms with E-state index < -0.39 is 5.41 Å². The van der Waals surface area contributed by atoms with Gasteiger partial charge in [-0.15, -0.1) is 0 Å².